The average molecular weight is 230 g/mol. The van der Waals surface area contributed by atoms with E-state index in [9.17, 15) is 0 Å². The van der Waals surface area contributed by atoms with Gasteiger partial charge in [0.05, 0.1) is 6.20 Å². The molecule has 0 spiro atoms. The molecule has 0 aliphatic carbocycles. The molecule has 3 rings (SSSR count). The minimum Gasteiger partial charge on any atom is -0.369 e. The molecular formula is C10H10N6O. The molecule has 7 heteroatoms. The normalized spacial score (nSPS) is 10.8. The van der Waals surface area contributed by atoms with E-state index in [1.165, 1.54) is 6.33 Å². The summed E-state index contributed by atoms with van der Waals surface area (Å²) in [5.74, 6) is 1.42. The van der Waals surface area contributed by atoms with Crippen LogP contribution in [0.4, 0.5) is 5.82 Å². The highest BCUT2D eigenvalue weighted by Gasteiger charge is 2.00. The molecule has 0 fully saturated rings. The van der Waals surface area contributed by atoms with E-state index in [1.807, 2.05) is 18.3 Å². The van der Waals surface area contributed by atoms with Crippen molar-refractivity contribution in [3.05, 3.63) is 36.7 Å². The molecule has 0 aliphatic heterocycles. The van der Waals surface area contributed by atoms with E-state index in [-0.39, 0.29) is 0 Å². The number of aromatic nitrogens is 5. The first-order chi connectivity index (χ1) is 8.42. The van der Waals surface area contributed by atoms with Crippen LogP contribution in [0.25, 0.3) is 5.65 Å². The van der Waals surface area contributed by atoms with Gasteiger partial charge in [-0.3, -0.25) is 0 Å². The largest absolute Gasteiger partial charge is 0.369 e. The summed E-state index contributed by atoms with van der Waals surface area (Å²) < 4.78 is 6.61. The van der Waals surface area contributed by atoms with Crippen LogP contribution in [0.2, 0.25) is 0 Å². The Balaban J connectivity index is 1.64. The highest BCUT2D eigenvalue weighted by molar-refractivity contribution is 5.45. The lowest BCUT2D eigenvalue weighted by Gasteiger charge is -2.03. The highest BCUT2D eigenvalue weighted by Crippen LogP contribution is 2.05. The quantitative estimate of drug-likeness (QED) is 0.712. The molecule has 0 unspecified atom stereocenters. The van der Waals surface area contributed by atoms with Gasteiger partial charge in [-0.1, -0.05) is 5.16 Å². The van der Waals surface area contributed by atoms with Gasteiger partial charge in [0, 0.05) is 25.2 Å². The first-order valence-electron chi connectivity index (χ1n) is 5.22. The summed E-state index contributed by atoms with van der Waals surface area (Å²) in [5, 5.41) is 10.8. The van der Waals surface area contributed by atoms with Gasteiger partial charge in [0.2, 0.25) is 5.89 Å². The minimum absolute atomic E-state index is 0.614. The molecule has 0 bridgehead atoms. The molecule has 1 N–H and O–H groups in total. The number of anilines is 1. The molecule has 0 amide bonds. The maximum atomic E-state index is 4.89. The number of rotatable bonds is 4. The lowest BCUT2D eigenvalue weighted by Crippen LogP contribution is -2.07. The second-order valence-corrected chi connectivity index (χ2v) is 3.46. The van der Waals surface area contributed by atoms with Crippen LogP contribution in [-0.4, -0.2) is 31.3 Å². The Hall–Kier alpha value is -2.44. The van der Waals surface area contributed by atoms with Crippen molar-refractivity contribution in [1.82, 2.24) is 24.7 Å². The Morgan fingerprint density at radius 1 is 1.35 bits per heavy atom. The van der Waals surface area contributed by atoms with Gasteiger partial charge < -0.3 is 9.84 Å². The Morgan fingerprint density at radius 3 is 3.24 bits per heavy atom. The SMILES string of the molecule is c1noc(CCNc2ccn3nccc3n2)n1. The van der Waals surface area contributed by atoms with E-state index in [0.29, 0.717) is 18.9 Å². The number of hydrogen-bond donors (Lipinski definition) is 1. The number of fused-ring (bicyclic) bond motifs is 1. The molecule has 7 nitrogen and oxygen atoms in total. The molecular weight excluding hydrogens is 220 g/mol. The van der Waals surface area contributed by atoms with E-state index in [2.05, 4.69) is 25.5 Å². The van der Waals surface area contributed by atoms with E-state index in [1.54, 1.807) is 10.7 Å². The first kappa shape index (κ1) is 9.76. The lowest BCUT2D eigenvalue weighted by atomic mass is 10.4. The fraction of sp³-hybridized carbons (Fsp3) is 0.200. The molecule has 0 aliphatic rings. The Morgan fingerprint density at radius 2 is 2.35 bits per heavy atom. The van der Waals surface area contributed by atoms with Crippen LogP contribution >= 0.6 is 0 Å². The zero-order valence-corrected chi connectivity index (χ0v) is 8.95. The van der Waals surface area contributed by atoms with Crippen LogP contribution < -0.4 is 5.32 Å². The van der Waals surface area contributed by atoms with Crippen molar-refractivity contribution in [3.8, 4) is 0 Å². The van der Waals surface area contributed by atoms with Gasteiger partial charge >= 0.3 is 0 Å². The van der Waals surface area contributed by atoms with Gasteiger partial charge in [-0.2, -0.15) is 10.1 Å². The molecule has 0 saturated carbocycles. The standard InChI is InChI=1S/C10H10N6O/c1-5-13-16-6-3-8(15-9(1)16)11-4-2-10-12-7-14-17-10/h1,3,5-7H,2,4H2,(H,11,15). The van der Waals surface area contributed by atoms with E-state index < -0.39 is 0 Å². The molecule has 17 heavy (non-hydrogen) atoms. The van der Waals surface area contributed by atoms with Crippen molar-refractivity contribution in [2.24, 2.45) is 0 Å². The van der Waals surface area contributed by atoms with Gasteiger partial charge in [0.15, 0.2) is 12.0 Å². The summed E-state index contributed by atoms with van der Waals surface area (Å²) in [6, 6.07) is 3.72. The smallest absolute Gasteiger partial charge is 0.228 e. The second kappa shape index (κ2) is 4.20. The summed E-state index contributed by atoms with van der Waals surface area (Å²) >= 11 is 0. The topological polar surface area (TPSA) is 81.1 Å². The molecule has 3 aromatic rings. The molecule has 86 valence electrons. The third-order valence-electron chi connectivity index (χ3n) is 2.31. The number of nitrogens with zero attached hydrogens (tertiary/aromatic N) is 5. The molecule has 3 heterocycles. The predicted molar refractivity (Wildman–Crippen MR) is 59.5 cm³/mol. The van der Waals surface area contributed by atoms with Gasteiger partial charge in [-0.15, -0.1) is 0 Å². The summed E-state index contributed by atoms with van der Waals surface area (Å²) in [4.78, 5) is 8.31. The monoisotopic (exact) mass is 230 g/mol. The maximum absolute atomic E-state index is 4.89. The summed E-state index contributed by atoms with van der Waals surface area (Å²) in [6.45, 7) is 0.694. The fourth-order valence-electron chi connectivity index (χ4n) is 1.51. The van der Waals surface area contributed by atoms with Crippen LogP contribution in [0.15, 0.2) is 35.4 Å². The van der Waals surface area contributed by atoms with Crippen LogP contribution in [0.5, 0.6) is 0 Å². The summed E-state index contributed by atoms with van der Waals surface area (Å²) in [5.41, 5.74) is 0.813. The average Bonchev–Trinajstić information content (AvgIpc) is 2.98. The van der Waals surface area contributed by atoms with Crippen LogP contribution in [0, 0.1) is 0 Å². The van der Waals surface area contributed by atoms with Crippen molar-refractivity contribution < 1.29 is 4.52 Å². The van der Waals surface area contributed by atoms with Gasteiger partial charge in [-0.25, -0.2) is 9.50 Å². The zero-order valence-electron chi connectivity index (χ0n) is 8.95. The Labute approximate surface area is 96.5 Å². The summed E-state index contributed by atoms with van der Waals surface area (Å²) in [7, 11) is 0. The van der Waals surface area contributed by atoms with E-state index in [0.717, 1.165) is 11.5 Å². The Bertz CT molecular complexity index is 602. The predicted octanol–water partition coefficient (Wildman–Crippen LogP) is 0.767. The van der Waals surface area contributed by atoms with Crippen LogP contribution in [0.1, 0.15) is 5.89 Å². The second-order valence-electron chi connectivity index (χ2n) is 3.46. The van der Waals surface area contributed by atoms with Crippen molar-refractivity contribution in [2.45, 2.75) is 6.42 Å². The Kier molecular flexibility index (Phi) is 2.41. The van der Waals surface area contributed by atoms with Crippen LogP contribution in [0.3, 0.4) is 0 Å². The van der Waals surface area contributed by atoms with Crippen molar-refractivity contribution >= 4 is 11.5 Å². The van der Waals surface area contributed by atoms with E-state index in [4.69, 9.17) is 4.52 Å². The molecule has 0 aromatic carbocycles. The molecule has 0 atom stereocenters. The van der Waals surface area contributed by atoms with Gasteiger partial charge in [0.1, 0.15) is 5.82 Å². The van der Waals surface area contributed by atoms with Crippen molar-refractivity contribution in [1.29, 1.82) is 0 Å². The van der Waals surface area contributed by atoms with Gasteiger partial charge in [0.25, 0.3) is 0 Å². The molecule has 3 aromatic heterocycles. The van der Waals surface area contributed by atoms with E-state index >= 15 is 0 Å². The van der Waals surface area contributed by atoms with Gasteiger partial charge in [-0.05, 0) is 6.07 Å². The minimum atomic E-state index is 0.614. The highest BCUT2D eigenvalue weighted by atomic mass is 16.5. The van der Waals surface area contributed by atoms with Crippen molar-refractivity contribution in [3.63, 3.8) is 0 Å². The lowest BCUT2D eigenvalue weighted by molar-refractivity contribution is 0.379. The fourth-order valence-corrected chi connectivity index (χ4v) is 1.51. The van der Waals surface area contributed by atoms with Crippen LogP contribution in [-0.2, 0) is 6.42 Å². The molecule has 0 saturated heterocycles. The summed E-state index contributed by atoms with van der Waals surface area (Å²) in [6.07, 6.45) is 5.64. The zero-order chi connectivity index (χ0) is 11.5. The third-order valence-corrected chi connectivity index (χ3v) is 2.31. The maximum Gasteiger partial charge on any atom is 0.228 e. The van der Waals surface area contributed by atoms with Crippen molar-refractivity contribution in [2.75, 3.05) is 11.9 Å². The first-order valence-corrected chi connectivity index (χ1v) is 5.22. The molecule has 0 radical (unpaired) electrons. The number of nitrogens with one attached hydrogen (secondary N) is 1. The third kappa shape index (κ3) is 2.07. The number of hydrogen-bond acceptors (Lipinski definition) is 6.